The smallest absolute Gasteiger partial charge is 0.416 e. The summed E-state index contributed by atoms with van der Waals surface area (Å²) in [6.45, 7) is 2.81. The number of carbonyl (C=O) groups excluding carboxylic acids is 1. The van der Waals surface area contributed by atoms with Gasteiger partial charge in [0, 0.05) is 11.9 Å². The van der Waals surface area contributed by atoms with Crippen LogP contribution >= 0.6 is 11.6 Å². The van der Waals surface area contributed by atoms with Gasteiger partial charge in [-0.3, -0.25) is 0 Å². The molecule has 1 aliphatic rings. The highest BCUT2D eigenvalue weighted by atomic mass is 35.5. The summed E-state index contributed by atoms with van der Waals surface area (Å²) in [5.74, 6) is -1.82. The maximum Gasteiger partial charge on any atom is 0.416 e. The standard InChI is InChI=1S/C20H18ClF3N6O2/c1-10(22)17-8-32-20(31)30(17)18-15(24)6-25-19(28-18)27-11(2)16-7-29(9-26-16)12-3-4-13(21)14(23)5-12/h3-7,9-11,17H,8H2,1-2H3,(H,25,27,28)/t10-,11-,17+/m0/s1. The second-order valence-electron chi connectivity index (χ2n) is 7.23. The van der Waals surface area contributed by atoms with Crippen LogP contribution in [0.15, 0.2) is 36.9 Å². The van der Waals surface area contributed by atoms with Gasteiger partial charge in [-0.1, -0.05) is 11.6 Å². The first-order valence-corrected chi connectivity index (χ1v) is 10.0. The zero-order valence-corrected chi connectivity index (χ0v) is 17.7. The van der Waals surface area contributed by atoms with Crippen molar-refractivity contribution in [2.75, 3.05) is 16.8 Å². The lowest BCUT2D eigenvalue weighted by molar-refractivity contribution is 0.174. The van der Waals surface area contributed by atoms with Crippen molar-refractivity contribution in [2.45, 2.75) is 32.1 Å². The van der Waals surface area contributed by atoms with E-state index in [2.05, 4.69) is 20.3 Å². The molecule has 168 valence electrons. The van der Waals surface area contributed by atoms with E-state index in [1.807, 2.05) is 0 Å². The van der Waals surface area contributed by atoms with Crippen molar-refractivity contribution < 1.29 is 22.7 Å². The van der Waals surface area contributed by atoms with E-state index in [9.17, 15) is 18.0 Å². The molecule has 0 saturated carbocycles. The highest BCUT2D eigenvalue weighted by molar-refractivity contribution is 6.30. The molecule has 0 bridgehead atoms. The number of nitrogens with one attached hydrogen (secondary N) is 1. The van der Waals surface area contributed by atoms with Crippen LogP contribution in [0.4, 0.5) is 29.7 Å². The maximum atomic E-state index is 14.4. The second-order valence-corrected chi connectivity index (χ2v) is 7.63. The lowest BCUT2D eigenvalue weighted by Gasteiger charge is -2.22. The van der Waals surface area contributed by atoms with Crippen LogP contribution < -0.4 is 10.2 Å². The lowest BCUT2D eigenvalue weighted by atomic mass is 10.2. The first-order valence-electron chi connectivity index (χ1n) is 9.63. The SMILES string of the molecule is C[C@H](Nc1ncc(F)c(N2C(=O)OC[C@@H]2[C@H](C)F)n1)c1cn(-c2ccc(Cl)c(F)c2)cn1. The van der Waals surface area contributed by atoms with Crippen LogP contribution in [0, 0.1) is 11.6 Å². The van der Waals surface area contributed by atoms with Crippen LogP contribution in [0.25, 0.3) is 5.69 Å². The molecule has 3 heterocycles. The number of aromatic nitrogens is 4. The summed E-state index contributed by atoms with van der Waals surface area (Å²) >= 11 is 5.72. The average Bonchev–Trinajstić information content (AvgIpc) is 3.39. The molecule has 0 spiro atoms. The van der Waals surface area contributed by atoms with Crippen molar-refractivity contribution >= 4 is 29.5 Å². The summed E-state index contributed by atoms with van der Waals surface area (Å²) in [5.41, 5.74) is 1.09. The predicted molar refractivity (Wildman–Crippen MR) is 111 cm³/mol. The number of halogens is 4. The van der Waals surface area contributed by atoms with E-state index in [1.54, 1.807) is 23.8 Å². The van der Waals surface area contributed by atoms with Gasteiger partial charge in [0.1, 0.15) is 24.6 Å². The third-order valence-corrected chi connectivity index (χ3v) is 5.29. The molecule has 4 rings (SSSR count). The summed E-state index contributed by atoms with van der Waals surface area (Å²) in [7, 11) is 0. The number of carbonyl (C=O) groups is 1. The molecule has 8 nitrogen and oxygen atoms in total. The van der Waals surface area contributed by atoms with Gasteiger partial charge in [0.2, 0.25) is 5.95 Å². The molecular weight excluding hydrogens is 449 g/mol. The molecule has 0 unspecified atom stereocenters. The highest BCUT2D eigenvalue weighted by Gasteiger charge is 2.40. The number of hydrogen-bond donors (Lipinski definition) is 1. The lowest BCUT2D eigenvalue weighted by Crippen LogP contribution is -2.40. The predicted octanol–water partition coefficient (Wildman–Crippen LogP) is 4.45. The molecule has 1 fully saturated rings. The van der Waals surface area contributed by atoms with Gasteiger partial charge in [-0.25, -0.2) is 32.8 Å². The molecule has 32 heavy (non-hydrogen) atoms. The van der Waals surface area contributed by atoms with Crippen molar-refractivity contribution in [1.82, 2.24) is 19.5 Å². The number of amides is 1. The minimum Gasteiger partial charge on any atom is -0.447 e. The first kappa shape index (κ1) is 21.9. The maximum absolute atomic E-state index is 14.4. The molecule has 1 amide bonds. The number of rotatable bonds is 6. The van der Waals surface area contributed by atoms with Crippen LogP contribution in [-0.4, -0.2) is 44.4 Å². The Balaban J connectivity index is 1.55. The zero-order valence-electron chi connectivity index (χ0n) is 17.0. The van der Waals surface area contributed by atoms with Gasteiger partial charge in [0.15, 0.2) is 11.6 Å². The van der Waals surface area contributed by atoms with Crippen molar-refractivity contribution in [3.8, 4) is 5.69 Å². The topological polar surface area (TPSA) is 85.2 Å². The first-order chi connectivity index (χ1) is 15.2. The van der Waals surface area contributed by atoms with Gasteiger partial charge in [0.05, 0.1) is 29.3 Å². The molecule has 2 aromatic heterocycles. The van der Waals surface area contributed by atoms with Gasteiger partial charge in [-0.05, 0) is 32.0 Å². The number of anilines is 2. The Labute approximate surface area is 186 Å². The number of alkyl halides is 1. The molecule has 1 aliphatic heterocycles. The number of benzene rings is 1. The fourth-order valence-electron chi connectivity index (χ4n) is 3.23. The van der Waals surface area contributed by atoms with E-state index in [-0.39, 0.29) is 23.4 Å². The quantitative estimate of drug-likeness (QED) is 0.577. The molecule has 3 atom stereocenters. The number of nitrogens with zero attached hydrogens (tertiary/aromatic N) is 5. The van der Waals surface area contributed by atoms with Crippen LogP contribution in [0.1, 0.15) is 25.6 Å². The van der Waals surface area contributed by atoms with Gasteiger partial charge in [-0.15, -0.1) is 0 Å². The fraction of sp³-hybridized carbons (Fsp3) is 0.300. The minimum atomic E-state index is -1.45. The third kappa shape index (κ3) is 4.20. The third-order valence-electron chi connectivity index (χ3n) is 4.98. The van der Waals surface area contributed by atoms with Crippen LogP contribution in [0.2, 0.25) is 5.02 Å². The van der Waals surface area contributed by atoms with Crippen LogP contribution in [-0.2, 0) is 4.74 Å². The summed E-state index contributed by atoms with van der Waals surface area (Å²) in [5, 5.41) is 2.97. The molecule has 0 radical (unpaired) electrons. The van der Waals surface area contributed by atoms with E-state index >= 15 is 0 Å². The molecule has 0 aliphatic carbocycles. The summed E-state index contributed by atoms with van der Waals surface area (Å²) < 4.78 is 48.4. The Morgan fingerprint density at radius 2 is 2.03 bits per heavy atom. The minimum absolute atomic E-state index is 0.00551. The van der Waals surface area contributed by atoms with E-state index in [0.29, 0.717) is 11.4 Å². The Hall–Kier alpha value is -3.34. The molecule has 12 heteroatoms. The molecule has 1 N–H and O–H groups in total. The molecule has 1 aromatic carbocycles. The second kappa shape index (κ2) is 8.65. The van der Waals surface area contributed by atoms with Gasteiger partial charge in [0.25, 0.3) is 0 Å². The van der Waals surface area contributed by atoms with E-state index in [1.165, 1.54) is 25.4 Å². The van der Waals surface area contributed by atoms with Crippen molar-refractivity contribution in [2.24, 2.45) is 0 Å². The van der Waals surface area contributed by atoms with Crippen LogP contribution in [0.3, 0.4) is 0 Å². The average molecular weight is 467 g/mol. The van der Waals surface area contributed by atoms with Gasteiger partial charge < -0.3 is 14.6 Å². The zero-order chi connectivity index (χ0) is 23.0. The fourth-order valence-corrected chi connectivity index (χ4v) is 3.35. The Morgan fingerprint density at radius 1 is 1.25 bits per heavy atom. The van der Waals surface area contributed by atoms with E-state index < -0.39 is 36.0 Å². The summed E-state index contributed by atoms with van der Waals surface area (Å²) in [6, 6.07) is 2.93. The Bertz CT molecular complexity index is 1160. The summed E-state index contributed by atoms with van der Waals surface area (Å²) in [6.07, 6.45) is 1.72. The highest BCUT2D eigenvalue weighted by Crippen LogP contribution is 2.28. The van der Waals surface area contributed by atoms with Gasteiger partial charge >= 0.3 is 6.09 Å². The van der Waals surface area contributed by atoms with Gasteiger partial charge in [-0.2, -0.15) is 4.98 Å². The number of hydrogen-bond acceptors (Lipinski definition) is 6. The Morgan fingerprint density at radius 3 is 2.75 bits per heavy atom. The molecule has 1 saturated heterocycles. The molecular formula is C20H18ClF3N6O2. The van der Waals surface area contributed by atoms with Crippen LogP contribution in [0.5, 0.6) is 0 Å². The largest absolute Gasteiger partial charge is 0.447 e. The Kier molecular flexibility index (Phi) is 5.92. The van der Waals surface area contributed by atoms with Crippen molar-refractivity contribution in [3.05, 3.63) is 59.3 Å². The summed E-state index contributed by atoms with van der Waals surface area (Å²) in [4.78, 5) is 25.1. The monoisotopic (exact) mass is 466 g/mol. The van der Waals surface area contributed by atoms with Crippen molar-refractivity contribution in [3.63, 3.8) is 0 Å². The van der Waals surface area contributed by atoms with E-state index in [0.717, 1.165) is 11.1 Å². The van der Waals surface area contributed by atoms with E-state index in [4.69, 9.17) is 16.3 Å². The van der Waals surface area contributed by atoms with Crippen molar-refractivity contribution in [1.29, 1.82) is 0 Å². The normalized spacial score (nSPS) is 17.9. The number of cyclic esters (lactones) is 1. The number of imidazole rings is 1. The number of ether oxygens (including phenoxy) is 1. The molecule has 3 aromatic rings.